The monoisotopic (exact) mass is 620 g/mol. The summed E-state index contributed by atoms with van der Waals surface area (Å²) in [5.74, 6) is -0.896. The largest absolute Gasteiger partial charge is 0.481 e. The fraction of sp³-hybridized carbons (Fsp3) is 0.944. The van der Waals surface area contributed by atoms with Gasteiger partial charge in [-0.15, -0.1) is 0 Å². The van der Waals surface area contributed by atoms with Gasteiger partial charge in [-0.25, -0.2) is 0 Å². The summed E-state index contributed by atoms with van der Waals surface area (Å²) in [7, 11) is 0. The van der Waals surface area contributed by atoms with E-state index in [0.29, 0.717) is 25.7 Å². The highest BCUT2D eigenvalue weighted by Gasteiger charge is 2.62. The second-order valence-electron chi connectivity index (χ2n) is 17.2. The number of unbranched alkanes of at least 4 members (excludes halogenated alkanes) is 1. The van der Waals surface area contributed by atoms with Crippen molar-refractivity contribution in [2.24, 2.45) is 5.92 Å². The summed E-state index contributed by atoms with van der Waals surface area (Å²) in [6, 6.07) is 0. The van der Waals surface area contributed by atoms with Crippen LogP contribution in [-0.2, 0) is 24.0 Å². The molecule has 0 aromatic rings. The number of hydroxylamine groups is 4. The molecule has 1 N–H and O–H groups in total. The number of hydrogen-bond acceptors (Lipinski definition) is 7. The van der Waals surface area contributed by atoms with Crippen LogP contribution in [0.1, 0.15) is 171 Å². The summed E-state index contributed by atoms with van der Waals surface area (Å²) in [6.45, 7) is 18.2. The van der Waals surface area contributed by atoms with Gasteiger partial charge in [0.1, 0.15) is 5.60 Å². The van der Waals surface area contributed by atoms with Gasteiger partial charge in [-0.1, -0.05) is 38.5 Å². The van der Waals surface area contributed by atoms with Crippen LogP contribution >= 0.6 is 0 Å². The van der Waals surface area contributed by atoms with E-state index in [1.165, 1.54) is 38.5 Å². The van der Waals surface area contributed by atoms with Crippen molar-refractivity contribution in [3.05, 3.63) is 0 Å². The zero-order chi connectivity index (χ0) is 32.4. The van der Waals surface area contributed by atoms with Crippen LogP contribution < -0.4 is 0 Å². The number of hydrogen-bond donors (Lipinski definition) is 1. The lowest BCUT2D eigenvalue weighted by Crippen LogP contribution is -2.71. The van der Waals surface area contributed by atoms with Crippen LogP contribution in [0.3, 0.4) is 0 Å². The first-order valence-electron chi connectivity index (χ1n) is 17.8. The molecule has 0 aromatic carbocycles. The fourth-order valence-electron chi connectivity index (χ4n) is 9.60. The molecule has 0 bridgehead atoms. The van der Waals surface area contributed by atoms with Gasteiger partial charge in [-0.3, -0.25) is 19.3 Å². The third-order valence-electron chi connectivity index (χ3n) is 10.9. The summed E-state index contributed by atoms with van der Waals surface area (Å²) < 4.78 is 6.78. The molecule has 4 fully saturated rings. The Balaban J connectivity index is 1.61. The first kappa shape index (κ1) is 35.6. The second-order valence-corrected chi connectivity index (χ2v) is 17.2. The molecule has 0 spiro atoms. The van der Waals surface area contributed by atoms with Gasteiger partial charge in [0.15, 0.2) is 0 Å². The number of nitrogens with zero attached hydrogens (tertiary/aromatic N) is 2. The predicted molar refractivity (Wildman–Crippen MR) is 173 cm³/mol. The molecule has 254 valence electrons. The summed E-state index contributed by atoms with van der Waals surface area (Å²) in [5.41, 5.74) is -1.86. The van der Waals surface area contributed by atoms with Crippen LogP contribution in [0.25, 0.3) is 0 Å². The molecule has 2 aliphatic carbocycles. The third kappa shape index (κ3) is 8.57. The molecular weight excluding hydrogens is 556 g/mol. The van der Waals surface area contributed by atoms with Gasteiger partial charge in [0.2, 0.25) is 0 Å². The number of piperidine rings is 2. The van der Waals surface area contributed by atoms with Crippen molar-refractivity contribution in [2.45, 2.75) is 211 Å². The average Bonchev–Trinajstić information content (AvgIpc) is 2.91. The van der Waals surface area contributed by atoms with E-state index in [1.807, 2.05) is 0 Å². The minimum absolute atomic E-state index is 0.0772. The van der Waals surface area contributed by atoms with Gasteiger partial charge in [0.25, 0.3) is 0 Å². The molecule has 8 heteroatoms. The van der Waals surface area contributed by atoms with Gasteiger partial charge in [0, 0.05) is 53.8 Å². The number of carboxylic acid groups (broad SMARTS) is 1. The molecule has 2 heterocycles. The molecule has 0 aromatic heterocycles. The number of carbonyl (C=O) groups excluding carboxylic acids is 1. The molecule has 0 unspecified atom stereocenters. The van der Waals surface area contributed by atoms with Crippen molar-refractivity contribution in [3.8, 4) is 0 Å². The van der Waals surface area contributed by atoms with E-state index in [4.69, 9.17) is 19.5 Å². The number of esters is 1. The van der Waals surface area contributed by atoms with Crippen LogP contribution in [0.15, 0.2) is 0 Å². The molecule has 44 heavy (non-hydrogen) atoms. The van der Waals surface area contributed by atoms with E-state index < -0.39 is 11.6 Å². The summed E-state index contributed by atoms with van der Waals surface area (Å²) in [6.07, 6.45) is 16.9. The maximum atomic E-state index is 13.6. The number of ether oxygens (including phenoxy) is 1. The van der Waals surface area contributed by atoms with Crippen molar-refractivity contribution in [1.29, 1.82) is 0 Å². The number of aliphatic carboxylic acids is 1. The Morgan fingerprint density at radius 2 is 1.05 bits per heavy atom. The Kier molecular flexibility index (Phi) is 11.2. The Morgan fingerprint density at radius 1 is 0.636 bits per heavy atom. The highest BCUT2D eigenvalue weighted by Crippen LogP contribution is 2.56. The smallest absolute Gasteiger partial charge is 0.306 e. The predicted octanol–water partition coefficient (Wildman–Crippen LogP) is 8.36. The zero-order valence-corrected chi connectivity index (χ0v) is 29.3. The highest BCUT2D eigenvalue weighted by molar-refractivity contribution is 5.70. The first-order chi connectivity index (χ1) is 20.5. The maximum Gasteiger partial charge on any atom is 0.306 e. The lowest BCUT2D eigenvalue weighted by atomic mass is 9.60. The highest BCUT2D eigenvalue weighted by atomic mass is 16.7. The summed E-state index contributed by atoms with van der Waals surface area (Å²) >= 11 is 0. The molecule has 2 aliphatic heterocycles. The van der Waals surface area contributed by atoms with Gasteiger partial charge in [-0.2, -0.15) is 10.1 Å². The van der Waals surface area contributed by atoms with E-state index in [9.17, 15) is 9.59 Å². The molecule has 2 saturated heterocycles. The van der Waals surface area contributed by atoms with Crippen LogP contribution in [0.2, 0.25) is 0 Å². The van der Waals surface area contributed by atoms with Crippen LogP contribution in [-0.4, -0.2) is 67.1 Å². The standard InChI is InChI=1S/C36H64N2O6/c1-32(2)23-27(24-33(3,4)37(32)43-28-17-11-9-12-18-28)36(42-31(41)22-16-15-21-30(39)40)25-34(5,6)38(35(7,8)26-36)44-29-19-13-10-14-20-29/h27-29H,9-26H2,1-8H3,(H,39,40). The van der Waals surface area contributed by atoms with Crippen molar-refractivity contribution in [3.63, 3.8) is 0 Å². The third-order valence-corrected chi connectivity index (χ3v) is 10.9. The molecule has 4 rings (SSSR count). The Bertz CT molecular complexity index is 943. The van der Waals surface area contributed by atoms with Crippen LogP contribution in [0.5, 0.6) is 0 Å². The van der Waals surface area contributed by atoms with Gasteiger partial charge in [0.05, 0.1) is 12.2 Å². The summed E-state index contributed by atoms with van der Waals surface area (Å²) in [5, 5.41) is 13.6. The Hall–Kier alpha value is -1.22. The second kappa shape index (κ2) is 13.9. The lowest BCUT2D eigenvalue weighted by molar-refractivity contribution is -0.347. The van der Waals surface area contributed by atoms with E-state index in [1.54, 1.807) is 0 Å². The van der Waals surface area contributed by atoms with Crippen molar-refractivity contribution in [2.75, 3.05) is 0 Å². The van der Waals surface area contributed by atoms with E-state index in [-0.39, 0.29) is 59.1 Å². The average molecular weight is 621 g/mol. The molecule has 0 amide bonds. The maximum absolute atomic E-state index is 13.6. The molecule has 0 atom stereocenters. The molecule has 0 radical (unpaired) electrons. The molecule has 2 saturated carbocycles. The van der Waals surface area contributed by atoms with E-state index in [2.05, 4.69) is 65.5 Å². The normalized spacial score (nSPS) is 28.0. The minimum Gasteiger partial charge on any atom is -0.481 e. The topological polar surface area (TPSA) is 88.5 Å². The van der Waals surface area contributed by atoms with Crippen molar-refractivity contribution < 1.29 is 29.1 Å². The zero-order valence-electron chi connectivity index (χ0n) is 29.3. The molecule has 8 nitrogen and oxygen atoms in total. The molecule has 4 aliphatic rings. The summed E-state index contributed by atoms with van der Waals surface area (Å²) in [4.78, 5) is 38.4. The number of carbonyl (C=O) groups is 2. The number of rotatable bonds is 11. The lowest BCUT2D eigenvalue weighted by Gasteiger charge is -2.63. The molecular formula is C36H64N2O6. The van der Waals surface area contributed by atoms with Gasteiger partial charge < -0.3 is 9.84 Å². The van der Waals surface area contributed by atoms with E-state index >= 15 is 0 Å². The van der Waals surface area contributed by atoms with Crippen molar-refractivity contribution in [1.82, 2.24) is 10.1 Å². The SMILES string of the molecule is CC1(C)CC(C2(OC(=O)CCCCC(=O)O)CC(C)(C)N(OC3CCCCC3)C(C)(C)C2)CC(C)(C)N1OC1CCCCC1. The van der Waals surface area contributed by atoms with Gasteiger partial charge >= 0.3 is 11.9 Å². The van der Waals surface area contributed by atoms with Crippen molar-refractivity contribution >= 4 is 11.9 Å². The first-order valence-corrected chi connectivity index (χ1v) is 17.8. The van der Waals surface area contributed by atoms with Gasteiger partial charge in [-0.05, 0) is 107 Å². The quantitative estimate of drug-likeness (QED) is 0.182. The van der Waals surface area contributed by atoms with Crippen LogP contribution in [0.4, 0.5) is 0 Å². The van der Waals surface area contributed by atoms with E-state index in [0.717, 1.165) is 38.5 Å². The minimum atomic E-state index is -0.824. The Labute approximate surface area is 267 Å². The van der Waals surface area contributed by atoms with Crippen LogP contribution in [0, 0.1) is 5.92 Å². The Morgan fingerprint density at radius 3 is 1.48 bits per heavy atom. The fourth-order valence-corrected chi connectivity index (χ4v) is 9.60. The number of carboxylic acids is 1.